The van der Waals surface area contributed by atoms with Crippen LogP contribution in [0.25, 0.3) is 0 Å². The van der Waals surface area contributed by atoms with Gasteiger partial charge in [0.25, 0.3) is 6.47 Å². The van der Waals surface area contributed by atoms with Crippen LogP contribution in [-0.4, -0.2) is 89.3 Å². The van der Waals surface area contributed by atoms with Gasteiger partial charge >= 0.3 is 0 Å². The summed E-state index contributed by atoms with van der Waals surface area (Å²) in [5, 5.41) is 42.4. The smallest absolute Gasteiger partial charge is 0.293 e. The molecule has 1 aromatic carbocycles. The molecular formula is C28H32O12. The number of aliphatic hydroxyl groups is 2. The average molecular weight is 561 g/mol. The topological polar surface area (TPSA) is 170 Å². The number of ether oxygens (including phenoxy) is 4. The Kier molecular flexibility index (Phi) is 7.32. The van der Waals surface area contributed by atoms with Gasteiger partial charge in [-0.3, -0.25) is 9.59 Å². The Morgan fingerprint density at radius 1 is 1.12 bits per heavy atom. The van der Waals surface area contributed by atoms with E-state index in [1.807, 2.05) is 6.08 Å². The molecule has 0 spiro atoms. The van der Waals surface area contributed by atoms with Crippen LogP contribution in [0.4, 0.5) is 0 Å². The first-order valence-electron chi connectivity index (χ1n) is 13.4. The molecule has 40 heavy (non-hydrogen) atoms. The van der Waals surface area contributed by atoms with Crippen molar-refractivity contribution in [2.75, 3.05) is 13.2 Å². The maximum Gasteiger partial charge on any atom is 0.293 e. The molecule has 216 valence electrons. The normalized spacial score (nSPS) is 38.5. The van der Waals surface area contributed by atoms with Crippen LogP contribution in [0.3, 0.4) is 0 Å². The second-order valence-electron chi connectivity index (χ2n) is 11.0. The van der Waals surface area contributed by atoms with Crippen molar-refractivity contribution < 1.29 is 58.7 Å². The molecule has 0 bridgehead atoms. The van der Waals surface area contributed by atoms with Crippen molar-refractivity contribution in [3.8, 4) is 11.5 Å². The second-order valence-corrected chi connectivity index (χ2v) is 11.0. The molecule has 6 rings (SSSR count). The Labute approximate surface area is 229 Å². The molecule has 0 saturated carbocycles. The minimum Gasteiger partial charge on any atom is -0.504 e. The van der Waals surface area contributed by atoms with Crippen LogP contribution >= 0.6 is 0 Å². The monoisotopic (exact) mass is 560 g/mol. The van der Waals surface area contributed by atoms with Crippen molar-refractivity contribution in [2.45, 2.75) is 75.0 Å². The Bertz CT molecular complexity index is 1220. The van der Waals surface area contributed by atoms with Crippen molar-refractivity contribution in [1.82, 2.24) is 0 Å². The summed E-state index contributed by atoms with van der Waals surface area (Å²) in [7, 11) is 0. The van der Waals surface area contributed by atoms with Crippen LogP contribution in [0.2, 0.25) is 0 Å². The van der Waals surface area contributed by atoms with Gasteiger partial charge in [0.1, 0.15) is 24.4 Å². The Balaban J connectivity index is 1.37. The lowest BCUT2D eigenvalue weighted by molar-refractivity contribution is -0.377. The van der Waals surface area contributed by atoms with E-state index < -0.39 is 48.3 Å². The number of carbonyl (C=O) groups is 2. The standard InChI is InChI=1S/C28H32O12/c1-12-36-10-24-28(37-12)27(34)26(33)23(38-24)5-17-15(9-35-11-30)3-16(13-2-14(8-29)25(32)20(31)4-13)18-6-21-22(40-39-21)7-19(17)18/h2,4,7-8,11-12,15-17,21,23-24,26-28,31-34H,3,5-6,9-10H2,1H3/t12?,15?,16-,17?,21?,23?,24?,26?,27?,28?/m1/s1. The zero-order valence-corrected chi connectivity index (χ0v) is 21.8. The minimum absolute atomic E-state index is 0.0382. The lowest BCUT2D eigenvalue weighted by Crippen LogP contribution is -2.62. The van der Waals surface area contributed by atoms with Gasteiger partial charge in [-0.1, -0.05) is 5.57 Å². The van der Waals surface area contributed by atoms with Crippen molar-refractivity contribution in [1.29, 1.82) is 0 Å². The molecule has 0 radical (unpaired) electrons. The van der Waals surface area contributed by atoms with Gasteiger partial charge < -0.3 is 44.3 Å². The molecule has 3 heterocycles. The molecule has 2 aliphatic carbocycles. The molecule has 3 fully saturated rings. The third-order valence-corrected chi connectivity index (χ3v) is 8.74. The molecular weight excluding hydrogens is 528 g/mol. The van der Waals surface area contributed by atoms with E-state index in [2.05, 4.69) is 0 Å². The highest BCUT2D eigenvalue weighted by Gasteiger charge is 2.51. The Morgan fingerprint density at radius 2 is 1.95 bits per heavy atom. The molecule has 10 atom stereocenters. The van der Waals surface area contributed by atoms with Crippen LogP contribution in [0.5, 0.6) is 11.5 Å². The van der Waals surface area contributed by atoms with Gasteiger partial charge in [0, 0.05) is 18.3 Å². The molecule has 1 aromatic rings. The fraction of sp³-hybridized carbons (Fsp3) is 0.571. The minimum atomic E-state index is -1.22. The summed E-state index contributed by atoms with van der Waals surface area (Å²) < 4.78 is 22.7. The number of aromatic hydroxyl groups is 2. The molecule has 3 saturated heterocycles. The summed E-state index contributed by atoms with van der Waals surface area (Å²) in [5.41, 5.74) is 2.45. The number of allylic oxidation sites excluding steroid dienone is 2. The second kappa shape index (κ2) is 10.8. The molecule has 12 heteroatoms. The maximum atomic E-state index is 11.6. The number of fused-ring (bicyclic) bond motifs is 2. The highest BCUT2D eigenvalue weighted by molar-refractivity contribution is 5.81. The van der Waals surface area contributed by atoms with E-state index >= 15 is 0 Å². The van der Waals surface area contributed by atoms with E-state index in [4.69, 9.17) is 28.7 Å². The summed E-state index contributed by atoms with van der Waals surface area (Å²) in [6, 6.07) is 2.97. The molecule has 4 N–H and O–H groups in total. The van der Waals surface area contributed by atoms with E-state index in [9.17, 15) is 30.0 Å². The Hall–Kier alpha value is -3.00. The van der Waals surface area contributed by atoms with Crippen molar-refractivity contribution in [3.63, 3.8) is 0 Å². The van der Waals surface area contributed by atoms with Gasteiger partial charge in [-0.2, -0.15) is 4.89 Å². The summed E-state index contributed by atoms with van der Waals surface area (Å²) in [4.78, 5) is 33.3. The van der Waals surface area contributed by atoms with E-state index in [1.54, 1.807) is 13.0 Å². The number of phenols is 2. The number of carbonyl (C=O) groups excluding carboxylic acids is 2. The van der Waals surface area contributed by atoms with Gasteiger partial charge in [-0.25, -0.2) is 0 Å². The third-order valence-electron chi connectivity index (χ3n) is 8.74. The van der Waals surface area contributed by atoms with E-state index in [-0.39, 0.29) is 42.6 Å². The lowest BCUT2D eigenvalue weighted by Gasteiger charge is -2.49. The van der Waals surface area contributed by atoms with Crippen molar-refractivity contribution in [2.24, 2.45) is 11.8 Å². The predicted octanol–water partition coefficient (Wildman–Crippen LogP) is 1.36. The van der Waals surface area contributed by atoms with Crippen LogP contribution in [0, 0.1) is 11.8 Å². The zero-order valence-electron chi connectivity index (χ0n) is 21.8. The number of aliphatic hydroxyl groups excluding tert-OH is 2. The zero-order chi connectivity index (χ0) is 28.1. The lowest BCUT2D eigenvalue weighted by atomic mass is 9.63. The molecule has 12 nitrogen and oxygen atoms in total. The number of benzene rings is 1. The number of hydrogen-bond donors (Lipinski definition) is 4. The molecule has 5 aliphatic rings. The third kappa shape index (κ3) is 4.68. The van der Waals surface area contributed by atoms with E-state index in [0.717, 1.165) is 11.1 Å². The summed E-state index contributed by atoms with van der Waals surface area (Å²) in [6.07, 6.45) is -1.63. The molecule has 3 aliphatic heterocycles. The fourth-order valence-electron chi connectivity index (χ4n) is 6.75. The number of rotatable bonds is 7. The number of phenolic OH excluding ortho intramolecular Hbond substituents is 2. The number of aldehydes is 1. The maximum absolute atomic E-state index is 11.6. The van der Waals surface area contributed by atoms with E-state index in [1.165, 1.54) is 6.07 Å². The van der Waals surface area contributed by atoms with Gasteiger partial charge in [0.15, 0.2) is 35.9 Å². The average Bonchev–Trinajstić information content (AvgIpc) is 2.93. The van der Waals surface area contributed by atoms with Gasteiger partial charge in [-0.05, 0) is 55.0 Å². The van der Waals surface area contributed by atoms with Crippen LogP contribution in [-0.2, 0) is 33.5 Å². The van der Waals surface area contributed by atoms with Gasteiger partial charge in [0.2, 0.25) is 0 Å². The fourth-order valence-corrected chi connectivity index (χ4v) is 6.75. The molecule has 0 amide bonds. The number of hydrogen-bond acceptors (Lipinski definition) is 12. The molecule has 0 aromatic heterocycles. The van der Waals surface area contributed by atoms with Gasteiger partial charge in [0.05, 0.1) is 24.9 Å². The summed E-state index contributed by atoms with van der Waals surface area (Å²) >= 11 is 0. The van der Waals surface area contributed by atoms with Crippen LogP contribution in [0.1, 0.15) is 48.0 Å². The Morgan fingerprint density at radius 3 is 2.67 bits per heavy atom. The highest BCUT2D eigenvalue weighted by Crippen LogP contribution is 2.53. The first kappa shape index (κ1) is 27.2. The van der Waals surface area contributed by atoms with Gasteiger partial charge in [-0.15, -0.1) is 0 Å². The quantitative estimate of drug-likeness (QED) is 0.215. The highest BCUT2D eigenvalue weighted by atomic mass is 17.2. The SMILES string of the molecule is CC1OCC2OC(CC3C4=C(CC5OOC5=C4)[C@@H](c4cc(O)c(O)c(C=O)c4)CC3COC=O)C(O)C(O)C2O1. The largest absolute Gasteiger partial charge is 0.504 e. The first-order chi connectivity index (χ1) is 19.3. The summed E-state index contributed by atoms with van der Waals surface area (Å²) in [5.74, 6) is -1.08. The van der Waals surface area contributed by atoms with Crippen LogP contribution < -0.4 is 0 Å². The van der Waals surface area contributed by atoms with E-state index in [0.29, 0.717) is 43.3 Å². The van der Waals surface area contributed by atoms with Crippen LogP contribution in [0.15, 0.2) is 35.1 Å². The summed E-state index contributed by atoms with van der Waals surface area (Å²) in [6.45, 7) is 2.37. The van der Waals surface area contributed by atoms with Crippen molar-refractivity contribution >= 4 is 12.8 Å². The predicted molar refractivity (Wildman–Crippen MR) is 133 cm³/mol. The molecule has 9 unspecified atom stereocenters. The van der Waals surface area contributed by atoms with Crippen molar-refractivity contribution in [3.05, 3.63) is 46.2 Å². The first-order valence-corrected chi connectivity index (χ1v) is 13.4.